The summed E-state index contributed by atoms with van der Waals surface area (Å²) in [4.78, 5) is 51.1. The van der Waals surface area contributed by atoms with E-state index >= 15 is 0 Å². The van der Waals surface area contributed by atoms with Gasteiger partial charge in [-0.05, 0) is 0 Å². The van der Waals surface area contributed by atoms with E-state index in [2.05, 4.69) is 30.8 Å². The zero-order valence-electron chi connectivity index (χ0n) is 14.0. The molecule has 0 radical (unpaired) electrons. The Morgan fingerprint density at radius 2 is 1.86 bits per heavy atom. The molecule has 0 saturated carbocycles. The Kier molecular flexibility index (Phi) is 7.38. The second kappa shape index (κ2) is 8.75. The largest absolute Gasteiger partial charge is 0.536 e. The first-order valence-electron chi connectivity index (χ1n) is 7.29. The van der Waals surface area contributed by atoms with Crippen molar-refractivity contribution in [3.8, 4) is 5.75 Å². The van der Waals surface area contributed by atoms with E-state index in [0.29, 0.717) is 0 Å². The lowest BCUT2D eigenvalue weighted by molar-refractivity contribution is -0.0238. The van der Waals surface area contributed by atoms with E-state index in [-0.39, 0.29) is 6.42 Å². The number of rotatable bonds is 8. The van der Waals surface area contributed by atoms with Gasteiger partial charge in [-0.2, -0.15) is 26.2 Å². The quantitative estimate of drug-likeness (QED) is 0.169. The molecular weight excluding hydrogens is 483 g/mol. The molecule has 1 aromatic heterocycles. The number of aromatic nitrogens is 2. The number of ether oxygens (including phenoxy) is 1. The number of nitrogens with zero attached hydrogens (tertiary/aromatic N) is 2. The first kappa shape index (κ1) is 24.5. The number of aliphatic hydroxyl groups excluding tert-OH is 1. The molecule has 2 rings (SSSR count). The molecule has 29 heavy (non-hydrogen) atoms. The van der Waals surface area contributed by atoms with Gasteiger partial charge >= 0.3 is 29.2 Å². The van der Waals surface area contributed by atoms with Crippen molar-refractivity contribution in [2.24, 2.45) is 0 Å². The lowest BCUT2D eigenvalue weighted by Crippen LogP contribution is -2.28. The van der Waals surface area contributed by atoms with Gasteiger partial charge in [0.2, 0.25) is 0 Å². The molecule has 0 spiro atoms. The molecule has 0 amide bonds. The number of phosphoric acid groups is 3. The summed E-state index contributed by atoms with van der Waals surface area (Å²) in [6, 6.07) is 0. The van der Waals surface area contributed by atoms with E-state index in [4.69, 9.17) is 25.2 Å². The average Bonchev–Trinajstić information content (AvgIpc) is 2.86. The van der Waals surface area contributed by atoms with Crippen LogP contribution in [0, 0.1) is 0 Å². The molecule has 2 heterocycles. The highest BCUT2D eigenvalue weighted by Crippen LogP contribution is 2.66. The minimum atomic E-state index is -5.74. The first-order valence-corrected chi connectivity index (χ1v) is 12.3. The maximum Gasteiger partial charge on any atom is 0.536 e. The van der Waals surface area contributed by atoms with Crippen LogP contribution in [0.1, 0.15) is 12.6 Å². The van der Waals surface area contributed by atoms with Crippen LogP contribution in [0.4, 0.5) is 5.82 Å². The fraction of sp³-hybridized carbons (Fsp3) is 0.556. The Balaban J connectivity index is 2.27. The van der Waals surface area contributed by atoms with Gasteiger partial charge in [0, 0.05) is 11.7 Å². The maximum atomic E-state index is 12.0. The van der Waals surface area contributed by atoms with Gasteiger partial charge in [-0.15, -0.1) is 0 Å². The molecule has 1 aromatic rings. The third-order valence-corrected chi connectivity index (χ3v) is 7.57. The van der Waals surface area contributed by atoms with Crippen LogP contribution in [0.25, 0.3) is 0 Å². The number of phosphoric ester groups is 1. The summed E-state index contributed by atoms with van der Waals surface area (Å²) in [5, 5.41) is 8.74. The van der Waals surface area contributed by atoms with E-state index in [1.165, 1.54) is 0 Å². The highest BCUT2D eigenvalue weighted by atomic mass is 32.1. The fourth-order valence-electron chi connectivity index (χ4n) is 2.21. The first-order chi connectivity index (χ1) is 13.1. The van der Waals surface area contributed by atoms with Crippen LogP contribution in [0.5, 0.6) is 5.75 Å². The van der Waals surface area contributed by atoms with Crippen LogP contribution in [0.15, 0.2) is 11.0 Å². The van der Waals surface area contributed by atoms with Crippen molar-refractivity contribution in [1.29, 1.82) is 0 Å². The summed E-state index contributed by atoms with van der Waals surface area (Å²) < 4.78 is 51.7. The molecule has 7 N–H and O–H groups in total. The minimum absolute atomic E-state index is 0.133. The summed E-state index contributed by atoms with van der Waals surface area (Å²) >= 11 is 4.19. The average molecular weight is 499 g/mol. The zero-order valence-corrected chi connectivity index (χ0v) is 17.6. The van der Waals surface area contributed by atoms with Crippen LogP contribution in [0.3, 0.4) is 0 Å². The van der Waals surface area contributed by atoms with Gasteiger partial charge in [-0.3, -0.25) is 9.46 Å². The standard InChI is InChI=1S/C9H16N3O13P3S/c10-8-4(23-27(18,19)25-28(20,21)24-26(15,16)17)2-12(9(14)11-8)7-1-6(29)5(3-13)22-7/h2,5-7,13,29H,1,3H2,(H,18,19)(H,20,21)(H2,10,11,14)(H2,15,16,17)/t5-,6+,7-/m1/s1. The van der Waals surface area contributed by atoms with Crippen LogP contribution in [-0.4, -0.2) is 52.2 Å². The molecule has 0 aromatic carbocycles. The van der Waals surface area contributed by atoms with E-state index in [1.54, 1.807) is 0 Å². The summed E-state index contributed by atoms with van der Waals surface area (Å²) in [6.07, 6.45) is -0.796. The van der Waals surface area contributed by atoms with Crippen molar-refractivity contribution in [3.63, 3.8) is 0 Å². The van der Waals surface area contributed by atoms with E-state index in [9.17, 15) is 28.5 Å². The second-order valence-electron chi connectivity index (χ2n) is 5.48. The summed E-state index contributed by atoms with van der Waals surface area (Å²) in [5.41, 5.74) is 4.47. The fourth-order valence-corrected chi connectivity index (χ4v) is 5.58. The Labute approximate surface area is 167 Å². The Morgan fingerprint density at radius 3 is 2.38 bits per heavy atom. The monoisotopic (exact) mass is 499 g/mol. The van der Waals surface area contributed by atoms with Crippen molar-refractivity contribution >= 4 is 41.9 Å². The molecule has 2 unspecified atom stereocenters. The third-order valence-electron chi connectivity index (χ3n) is 3.27. The van der Waals surface area contributed by atoms with E-state index in [1.807, 2.05) is 0 Å². The van der Waals surface area contributed by atoms with Crippen LogP contribution >= 0.6 is 36.1 Å². The Bertz CT molecular complexity index is 965. The molecule has 5 atom stereocenters. The van der Waals surface area contributed by atoms with Crippen molar-refractivity contribution in [2.45, 2.75) is 24.0 Å². The van der Waals surface area contributed by atoms with Crippen LogP contribution in [-0.2, 0) is 27.1 Å². The summed E-state index contributed by atoms with van der Waals surface area (Å²) in [6.45, 7) is -0.393. The predicted molar refractivity (Wildman–Crippen MR) is 95.8 cm³/mol. The van der Waals surface area contributed by atoms with E-state index in [0.717, 1.165) is 10.8 Å². The molecule has 20 heteroatoms. The van der Waals surface area contributed by atoms with Crippen LogP contribution in [0.2, 0.25) is 0 Å². The lowest BCUT2D eigenvalue weighted by atomic mass is 10.2. The van der Waals surface area contributed by atoms with Gasteiger partial charge in [-0.25, -0.2) is 18.5 Å². The number of thiol groups is 1. The summed E-state index contributed by atoms with van der Waals surface area (Å²) in [5.74, 6) is -1.48. The number of hydrogen-bond donors (Lipinski definition) is 7. The molecule has 16 nitrogen and oxygen atoms in total. The van der Waals surface area contributed by atoms with Gasteiger partial charge in [-0.1, -0.05) is 0 Å². The smallest absolute Gasteiger partial charge is 0.398 e. The zero-order chi connectivity index (χ0) is 22.2. The van der Waals surface area contributed by atoms with E-state index < -0.39 is 64.9 Å². The van der Waals surface area contributed by atoms with Gasteiger partial charge in [0.1, 0.15) is 6.23 Å². The Morgan fingerprint density at radius 1 is 1.24 bits per heavy atom. The number of nitrogens with two attached hydrogens (primary N) is 1. The molecule has 1 aliphatic heterocycles. The number of nitrogen functional groups attached to an aromatic ring is 1. The Hall–Kier alpha value is -0.800. The summed E-state index contributed by atoms with van der Waals surface area (Å²) in [7, 11) is -16.9. The molecule has 1 fully saturated rings. The van der Waals surface area contributed by atoms with Gasteiger partial charge in [0.25, 0.3) is 0 Å². The van der Waals surface area contributed by atoms with Crippen molar-refractivity contribution < 1.29 is 56.3 Å². The highest BCUT2D eigenvalue weighted by Gasteiger charge is 2.42. The molecule has 166 valence electrons. The molecular formula is C9H16N3O13P3S. The third kappa shape index (κ3) is 6.85. The molecule has 1 aliphatic rings. The van der Waals surface area contributed by atoms with Gasteiger partial charge in [0.05, 0.1) is 18.9 Å². The van der Waals surface area contributed by atoms with Crippen molar-refractivity contribution in [3.05, 3.63) is 16.7 Å². The lowest BCUT2D eigenvalue weighted by Gasteiger charge is -2.19. The van der Waals surface area contributed by atoms with Gasteiger partial charge in [0.15, 0.2) is 11.6 Å². The SMILES string of the molecule is Nc1nc(=O)n([C@H]2C[C@H](S)[C@@H](CO)O2)cc1OP(=O)(O)OP(=O)(O)OP(=O)(O)O. The topological polar surface area (TPSA) is 250 Å². The normalized spacial score (nSPS) is 26.6. The highest BCUT2D eigenvalue weighted by molar-refractivity contribution is 7.81. The molecule has 1 saturated heterocycles. The number of aliphatic hydroxyl groups is 1. The minimum Gasteiger partial charge on any atom is -0.398 e. The van der Waals surface area contributed by atoms with Crippen molar-refractivity contribution in [2.75, 3.05) is 12.3 Å². The second-order valence-corrected chi connectivity index (χ2v) is 10.5. The maximum absolute atomic E-state index is 12.0. The number of hydrogen-bond acceptors (Lipinski definition) is 12. The predicted octanol–water partition coefficient (Wildman–Crippen LogP) is -0.891. The number of anilines is 1. The molecule has 0 aliphatic carbocycles. The van der Waals surface area contributed by atoms with Gasteiger partial charge < -0.3 is 34.8 Å². The van der Waals surface area contributed by atoms with Crippen LogP contribution < -0.4 is 15.9 Å². The van der Waals surface area contributed by atoms with Crippen molar-refractivity contribution in [1.82, 2.24) is 9.55 Å². The molecule has 0 bridgehead atoms.